The zero-order chi connectivity index (χ0) is 22.9. The van der Waals surface area contributed by atoms with E-state index in [2.05, 4.69) is 10.0 Å². The van der Waals surface area contributed by atoms with Crippen molar-refractivity contribution in [3.63, 3.8) is 0 Å². The van der Waals surface area contributed by atoms with Crippen molar-refractivity contribution in [1.29, 1.82) is 0 Å². The zero-order valence-electron chi connectivity index (χ0n) is 19.2. The molecule has 2 N–H and O–H groups in total. The molecule has 0 saturated heterocycles. The van der Waals surface area contributed by atoms with Gasteiger partial charge in [-0.15, -0.1) is 0 Å². The topological polar surface area (TPSA) is 75.3 Å². The summed E-state index contributed by atoms with van der Waals surface area (Å²) in [6.07, 6.45) is 12.2. The molecular formula is C27H34N2O3S. The summed E-state index contributed by atoms with van der Waals surface area (Å²) >= 11 is 0. The first-order chi connectivity index (χ1) is 16.0. The van der Waals surface area contributed by atoms with Gasteiger partial charge < -0.3 is 5.32 Å². The van der Waals surface area contributed by atoms with Crippen LogP contribution in [0.2, 0.25) is 0 Å². The van der Waals surface area contributed by atoms with Crippen LogP contribution in [0.4, 0.5) is 5.69 Å². The van der Waals surface area contributed by atoms with Gasteiger partial charge in [-0.2, -0.15) is 0 Å². The van der Waals surface area contributed by atoms with Gasteiger partial charge in [-0.1, -0.05) is 37.5 Å². The van der Waals surface area contributed by atoms with E-state index in [0.29, 0.717) is 16.5 Å². The summed E-state index contributed by atoms with van der Waals surface area (Å²) in [5, 5.41) is 3.20. The summed E-state index contributed by atoms with van der Waals surface area (Å²) < 4.78 is 28.6. The fraction of sp³-hybridized carbons (Fsp3) is 0.519. The number of benzene rings is 2. The van der Waals surface area contributed by atoms with E-state index < -0.39 is 15.4 Å². The molecule has 0 aliphatic heterocycles. The van der Waals surface area contributed by atoms with Crippen LogP contribution in [-0.4, -0.2) is 20.9 Å². The van der Waals surface area contributed by atoms with Crippen molar-refractivity contribution in [3.8, 4) is 0 Å². The van der Waals surface area contributed by atoms with E-state index in [1.165, 1.54) is 44.1 Å². The molecule has 3 aliphatic rings. The first-order valence-electron chi connectivity index (χ1n) is 12.5. The number of hydrogen-bond donors (Lipinski definition) is 2. The van der Waals surface area contributed by atoms with Gasteiger partial charge in [0.1, 0.15) is 0 Å². The quantitative estimate of drug-likeness (QED) is 0.596. The maximum atomic E-state index is 13.0. The molecule has 1 amide bonds. The van der Waals surface area contributed by atoms with Gasteiger partial charge >= 0.3 is 0 Å². The fourth-order valence-corrected chi connectivity index (χ4v) is 6.63. The minimum Gasteiger partial charge on any atom is -0.355 e. The fourth-order valence-electron chi connectivity index (χ4n) is 5.52. The Morgan fingerprint density at radius 3 is 2.27 bits per heavy atom. The predicted molar refractivity (Wildman–Crippen MR) is 131 cm³/mol. The van der Waals surface area contributed by atoms with Crippen LogP contribution in [0.25, 0.3) is 0 Å². The van der Waals surface area contributed by atoms with Crippen LogP contribution in [0.5, 0.6) is 0 Å². The van der Waals surface area contributed by atoms with Crippen LogP contribution in [0.1, 0.15) is 74.5 Å². The number of rotatable bonds is 7. The largest absolute Gasteiger partial charge is 0.355 e. The zero-order valence-corrected chi connectivity index (χ0v) is 20.1. The van der Waals surface area contributed by atoms with Gasteiger partial charge in [0, 0.05) is 12.2 Å². The van der Waals surface area contributed by atoms with E-state index in [4.69, 9.17) is 0 Å². The van der Waals surface area contributed by atoms with E-state index in [9.17, 15) is 13.2 Å². The normalized spacial score (nSPS) is 20.0. The lowest BCUT2D eigenvalue weighted by Gasteiger charge is -2.23. The Morgan fingerprint density at radius 1 is 0.879 bits per heavy atom. The summed E-state index contributed by atoms with van der Waals surface area (Å²) in [6, 6.07) is 12.8. The van der Waals surface area contributed by atoms with Crippen molar-refractivity contribution in [2.45, 2.75) is 80.9 Å². The third-order valence-electron chi connectivity index (χ3n) is 7.78. The number of anilines is 1. The van der Waals surface area contributed by atoms with Crippen molar-refractivity contribution in [2.75, 3.05) is 11.3 Å². The number of fused-ring (bicyclic) bond motifs is 1. The van der Waals surface area contributed by atoms with E-state index in [1.807, 2.05) is 24.3 Å². The number of nitrogens with one attached hydrogen (secondary N) is 2. The van der Waals surface area contributed by atoms with Crippen LogP contribution in [0, 0.1) is 5.92 Å². The summed E-state index contributed by atoms with van der Waals surface area (Å²) in [5.74, 6) is 0.731. The smallest absolute Gasteiger partial charge is 0.261 e. The average molecular weight is 467 g/mol. The van der Waals surface area contributed by atoms with E-state index in [1.54, 1.807) is 18.2 Å². The van der Waals surface area contributed by atoms with E-state index in [0.717, 1.165) is 49.8 Å². The van der Waals surface area contributed by atoms with E-state index >= 15 is 0 Å². The van der Waals surface area contributed by atoms with Gasteiger partial charge in [0.2, 0.25) is 5.91 Å². The van der Waals surface area contributed by atoms with Crippen molar-refractivity contribution >= 4 is 21.6 Å². The molecule has 0 radical (unpaired) electrons. The molecule has 2 aromatic carbocycles. The Bertz CT molecular complexity index is 1110. The first kappa shape index (κ1) is 22.5. The van der Waals surface area contributed by atoms with E-state index in [-0.39, 0.29) is 5.91 Å². The highest BCUT2D eigenvalue weighted by Crippen LogP contribution is 2.48. The molecule has 3 aliphatic carbocycles. The second-order valence-electron chi connectivity index (χ2n) is 10.1. The number of sulfonamides is 1. The molecule has 176 valence electrons. The molecule has 2 saturated carbocycles. The number of hydrogen-bond acceptors (Lipinski definition) is 3. The van der Waals surface area contributed by atoms with Crippen LogP contribution in [0.15, 0.2) is 47.4 Å². The summed E-state index contributed by atoms with van der Waals surface area (Å²) in [5.41, 5.74) is 3.47. The number of carbonyl (C=O) groups is 1. The Balaban J connectivity index is 1.24. The van der Waals surface area contributed by atoms with Crippen molar-refractivity contribution in [2.24, 2.45) is 5.92 Å². The molecular weight excluding hydrogens is 432 g/mol. The lowest BCUT2D eigenvalue weighted by Crippen LogP contribution is -2.38. The van der Waals surface area contributed by atoms with Gasteiger partial charge in [0.15, 0.2) is 0 Å². The van der Waals surface area contributed by atoms with Crippen molar-refractivity contribution < 1.29 is 13.2 Å². The molecule has 2 fully saturated rings. The number of amides is 1. The van der Waals surface area contributed by atoms with Crippen LogP contribution in [0.3, 0.4) is 0 Å². The van der Waals surface area contributed by atoms with Crippen LogP contribution in [-0.2, 0) is 33.1 Å². The van der Waals surface area contributed by atoms with Gasteiger partial charge in [-0.3, -0.25) is 9.52 Å². The van der Waals surface area contributed by atoms with Gasteiger partial charge in [0.05, 0.1) is 10.3 Å². The predicted octanol–water partition coefficient (Wildman–Crippen LogP) is 5.09. The summed E-state index contributed by atoms with van der Waals surface area (Å²) in [4.78, 5) is 13.3. The SMILES string of the molecule is O=C(NCC1CCCCC1)C1(c2ccc(NS(=O)(=O)c3ccc4c(c3)CCCC4)cc2)CC1. The summed E-state index contributed by atoms with van der Waals surface area (Å²) in [6.45, 7) is 0.777. The molecule has 0 spiro atoms. The Morgan fingerprint density at radius 2 is 1.58 bits per heavy atom. The number of carbonyl (C=O) groups excluding carboxylic acids is 1. The molecule has 0 atom stereocenters. The molecule has 0 heterocycles. The highest BCUT2D eigenvalue weighted by Gasteiger charge is 2.51. The van der Waals surface area contributed by atoms with Gasteiger partial charge in [0.25, 0.3) is 10.0 Å². The lowest BCUT2D eigenvalue weighted by molar-refractivity contribution is -0.123. The Hall–Kier alpha value is -2.34. The third-order valence-corrected chi connectivity index (χ3v) is 9.16. The summed E-state index contributed by atoms with van der Waals surface area (Å²) in [7, 11) is -3.65. The van der Waals surface area contributed by atoms with Crippen molar-refractivity contribution in [3.05, 3.63) is 59.2 Å². The van der Waals surface area contributed by atoms with Crippen molar-refractivity contribution in [1.82, 2.24) is 5.32 Å². The average Bonchev–Trinajstić information content (AvgIpc) is 3.65. The van der Waals surface area contributed by atoms with Crippen LogP contribution >= 0.6 is 0 Å². The highest BCUT2D eigenvalue weighted by atomic mass is 32.2. The second kappa shape index (κ2) is 9.13. The molecule has 0 aromatic heterocycles. The Kier molecular flexibility index (Phi) is 6.21. The molecule has 0 unspecified atom stereocenters. The molecule has 5 rings (SSSR count). The molecule has 6 heteroatoms. The van der Waals surface area contributed by atoms with Crippen LogP contribution < -0.4 is 10.0 Å². The molecule has 5 nitrogen and oxygen atoms in total. The third kappa shape index (κ3) is 4.81. The minimum absolute atomic E-state index is 0.121. The molecule has 33 heavy (non-hydrogen) atoms. The molecule has 0 bridgehead atoms. The Labute approximate surface area is 197 Å². The van der Waals surface area contributed by atoms with Gasteiger partial charge in [-0.25, -0.2) is 8.42 Å². The minimum atomic E-state index is -3.65. The highest BCUT2D eigenvalue weighted by molar-refractivity contribution is 7.92. The monoisotopic (exact) mass is 466 g/mol. The second-order valence-corrected chi connectivity index (χ2v) is 11.8. The first-order valence-corrected chi connectivity index (χ1v) is 14.0. The molecule has 2 aromatic rings. The standard InChI is InChI=1S/C27H34N2O3S/c30-26(28-19-20-6-2-1-3-7-20)27(16-17-27)23-11-13-24(14-12-23)29-33(31,32)25-15-10-21-8-4-5-9-22(21)18-25/h10-15,18,20,29H,1-9,16-17,19H2,(H,28,30). The lowest BCUT2D eigenvalue weighted by atomic mass is 9.88. The maximum Gasteiger partial charge on any atom is 0.261 e. The van der Waals surface area contributed by atoms with Gasteiger partial charge in [-0.05, 0) is 98.2 Å². The number of aryl methyl sites for hydroxylation is 2. The maximum absolute atomic E-state index is 13.0.